The second-order valence-electron chi connectivity index (χ2n) is 3.69. The molecule has 0 saturated carbocycles. The molecule has 0 aliphatic rings. The van der Waals surface area contributed by atoms with E-state index in [4.69, 9.17) is 15.0 Å². The van der Waals surface area contributed by atoms with Gasteiger partial charge in [-0.05, 0) is 19.8 Å². The van der Waals surface area contributed by atoms with Crippen molar-refractivity contribution >= 4 is 5.91 Å². The van der Waals surface area contributed by atoms with Crippen LogP contribution in [-0.4, -0.2) is 35.8 Å². The first kappa shape index (κ1) is 13.6. The number of nitrogens with zero attached hydrogens (tertiary/aromatic N) is 2. The predicted octanol–water partition coefficient (Wildman–Crippen LogP) is -0.252. The average molecular weight is 242 g/mol. The molecule has 1 aromatic heterocycles. The summed E-state index contributed by atoms with van der Waals surface area (Å²) < 4.78 is 9.74. The molecule has 1 heterocycles. The van der Waals surface area contributed by atoms with Crippen LogP contribution in [0.5, 0.6) is 0 Å². The monoisotopic (exact) mass is 242 g/mol. The quantitative estimate of drug-likeness (QED) is 0.639. The molecule has 0 aliphatic carbocycles. The van der Waals surface area contributed by atoms with Crippen LogP contribution in [0.15, 0.2) is 4.52 Å². The summed E-state index contributed by atoms with van der Waals surface area (Å²) in [4.78, 5) is 15.5. The highest BCUT2D eigenvalue weighted by molar-refractivity contribution is 5.81. The lowest BCUT2D eigenvalue weighted by Crippen LogP contribution is -2.40. The van der Waals surface area contributed by atoms with E-state index in [1.54, 1.807) is 14.0 Å². The Morgan fingerprint density at radius 3 is 3.00 bits per heavy atom. The minimum absolute atomic E-state index is 0.206. The highest BCUT2D eigenvalue weighted by Gasteiger charge is 2.13. The maximum Gasteiger partial charge on any atom is 0.246 e. The smallest absolute Gasteiger partial charge is 0.246 e. The molecule has 7 nitrogen and oxygen atoms in total. The van der Waals surface area contributed by atoms with Crippen molar-refractivity contribution in [3.8, 4) is 0 Å². The van der Waals surface area contributed by atoms with Crippen molar-refractivity contribution < 1.29 is 14.1 Å². The number of aromatic nitrogens is 2. The van der Waals surface area contributed by atoms with E-state index >= 15 is 0 Å². The minimum atomic E-state index is -0.533. The van der Waals surface area contributed by atoms with Crippen LogP contribution in [0.25, 0.3) is 0 Å². The molecule has 7 heteroatoms. The molecular weight excluding hydrogens is 224 g/mol. The van der Waals surface area contributed by atoms with Gasteiger partial charge in [-0.15, -0.1) is 0 Å². The fourth-order valence-electron chi connectivity index (χ4n) is 1.28. The number of hydrogen-bond donors (Lipinski definition) is 2. The second-order valence-corrected chi connectivity index (χ2v) is 3.69. The Morgan fingerprint density at radius 1 is 1.65 bits per heavy atom. The third kappa shape index (κ3) is 4.92. The zero-order chi connectivity index (χ0) is 12.7. The summed E-state index contributed by atoms with van der Waals surface area (Å²) >= 11 is 0. The normalized spacial score (nSPS) is 12.4. The first-order chi connectivity index (χ1) is 8.13. The lowest BCUT2D eigenvalue weighted by Gasteiger charge is -2.10. The molecule has 1 atom stereocenters. The van der Waals surface area contributed by atoms with E-state index in [1.165, 1.54) is 0 Å². The van der Waals surface area contributed by atoms with Crippen molar-refractivity contribution in [3.63, 3.8) is 0 Å². The molecule has 0 spiro atoms. The third-order valence-corrected chi connectivity index (χ3v) is 2.18. The number of carbonyl (C=O) groups excluding carboxylic acids is 1. The molecular formula is C10H18N4O3. The van der Waals surface area contributed by atoms with Crippen LogP contribution in [0, 0.1) is 6.92 Å². The van der Waals surface area contributed by atoms with Gasteiger partial charge in [-0.3, -0.25) is 4.79 Å². The largest absolute Gasteiger partial charge is 0.385 e. The van der Waals surface area contributed by atoms with Crippen LogP contribution in [0.4, 0.5) is 0 Å². The van der Waals surface area contributed by atoms with Gasteiger partial charge in [-0.1, -0.05) is 5.16 Å². The van der Waals surface area contributed by atoms with Gasteiger partial charge >= 0.3 is 0 Å². The molecule has 1 rings (SSSR count). The molecule has 1 unspecified atom stereocenters. The van der Waals surface area contributed by atoms with Crippen LogP contribution in [0.1, 0.15) is 24.6 Å². The Kier molecular flexibility index (Phi) is 5.58. The molecule has 0 radical (unpaired) electrons. The van der Waals surface area contributed by atoms with Crippen LogP contribution in [0.2, 0.25) is 0 Å². The fourth-order valence-corrected chi connectivity index (χ4v) is 1.28. The summed E-state index contributed by atoms with van der Waals surface area (Å²) in [6.45, 7) is 2.52. The number of hydrogen-bond acceptors (Lipinski definition) is 6. The summed E-state index contributed by atoms with van der Waals surface area (Å²) in [5.74, 6) is 0.690. The molecule has 1 amide bonds. The van der Waals surface area contributed by atoms with Crippen LogP contribution < -0.4 is 11.1 Å². The second kappa shape index (κ2) is 6.97. The highest BCUT2D eigenvalue weighted by Crippen LogP contribution is 1.97. The standard InChI is InChI=1S/C10H18N4O3/c1-7-13-9(17-14-7)6-12-10(15)8(11)4-3-5-16-2/h8H,3-6,11H2,1-2H3,(H,12,15). The van der Waals surface area contributed by atoms with E-state index in [-0.39, 0.29) is 12.5 Å². The van der Waals surface area contributed by atoms with Crippen molar-refractivity contribution in [1.29, 1.82) is 0 Å². The Balaban J connectivity index is 2.24. The van der Waals surface area contributed by atoms with Gasteiger partial charge in [0.25, 0.3) is 0 Å². The van der Waals surface area contributed by atoms with E-state index in [2.05, 4.69) is 15.5 Å². The Hall–Kier alpha value is -1.47. The molecule has 0 aromatic carbocycles. The van der Waals surface area contributed by atoms with Crippen LogP contribution in [0.3, 0.4) is 0 Å². The first-order valence-electron chi connectivity index (χ1n) is 5.45. The van der Waals surface area contributed by atoms with E-state index in [0.717, 1.165) is 6.42 Å². The number of carbonyl (C=O) groups is 1. The number of ether oxygens (including phenoxy) is 1. The molecule has 3 N–H and O–H groups in total. The topological polar surface area (TPSA) is 103 Å². The number of amides is 1. The van der Waals surface area contributed by atoms with E-state index < -0.39 is 6.04 Å². The lowest BCUT2D eigenvalue weighted by molar-refractivity contribution is -0.122. The molecule has 0 bridgehead atoms. The molecule has 96 valence electrons. The first-order valence-corrected chi connectivity index (χ1v) is 5.45. The minimum Gasteiger partial charge on any atom is -0.385 e. The van der Waals surface area contributed by atoms with Gasteiger partial charge in [-0.2, -0.15) is 4.98 Å². The number of nitrogens with one attached hydrogen (secondary N) is 1. The lowest BCUT2D eigenvalue weighted by atomic mass is 10.1. The van der Waals surface area contributed by atoms with Gasteiger partial charge in [-0.25, -0.2) is 0 Å². The van der Waals surface area contributed by atoms with E-state index in [0.29, 0.717) is 24.7 Å². The number of rotatable bonds is 7. The number of aryl methyl sites for hydroxylation is 1. The summed E-state index contributed by atoms with van der Waals surface area (Å²) in [7, 11) is 1.61. The molecule has 0 fully saturated rings. The Labute approximate surface area is 99.7 Å². The predicted molar refractivity (Wildman–Crippen MR) is 60.0 cm³/mol. The summed E-state index contributed by atoms with van der Waals surface area (Å²) in [6.07, 6.45) is 1.34. The van der Waals surface area contributed by atoms with E-state index in [1.807, 2.05) is 0 Å². The fraction of sp³-hybridized carbons (Fsp3) is 0.700. The molecule has 17 heavy (non-hydrogen) atoms. The van der Waals surface area contributed by atoms with Crippen molar-refractivity contribution in [2.75, 3.05) is 13.7 Å². The maximum absolute atomic E-state index is 11.6. The van der Waals surface area contributed by atoms with Gasteiger partial charge in [0.15, 0.2) is 5.82 Å². The zero-order valence-corrected chi connectivity index (χ0v) is 10.1. The number of methoxy groups -OCH3 is 1. The SMILES string of the molecule is COCCCC(N)C(=O)NCc1nc(C)no1. The summed E-state index contributed by atoms with van der Waals surface area (Å²) in [5, 5.41) is 6.25. The maximum atomic E-state index is 11.6. The van der Waals surface area contributed by atoms with Gasteiger partial charge in [0.1, 0.15) is 0 Å². The van der Waals surface area contributed by atoms with E-state index in [9.17, 15) is 4.79 Å². The zero-order valence-electron chi connectivity index (χ0n) is 10.1. The molecule has 0 saturated heterocycles. The summed E-state index contributed by atoms with van der Waals surface area (Å²) in [5.41, 5.74) is 5.69. The van der Waals surface area contributed by atoms with Gasteiger partial charge in [0, 0.05) is 13.7 Å². The molecule has 0 aliphatic heterocycles. The Bertz CT molecular complexity index is 353. The van der Waals surface area contributed by atoms with Crippen molar-refractivity contribution in [1.82, 2.24) is 15.5 Å². The highest BCUT2D eigenvalue weighted by atomic mass is 16.5. The molecule has 1 aromatic rings. The van der Waals surface area contributed by atoms with Crippen LogP contribution in [-0.2, 0) is 16.1 Å². The number of nitrogens with two attached hydrogens (primary N) is 1. The van der Waals surface area contributed by atoms with Gasteiger partial charge in [0.05, 0.1) is 12.6 Å². The van der Waals surface area contributed by atoms with Gasteiger partial charge < -0.3 is 20.3 Å². The van der Waals surface area contributed by atoms with Gasteiger partial charge in [0.2, 0.25) is 11.8 Å². The average Bonchev–Trinajstić information content (AvgIpc) is 2.72. The van der Waals surface area contributed by atoms with Crippen molar-refractivity contribution in [2.24, 2.45) is 5.73 Å². The van der Waals surface area contributed by atoms with Crippen LogP contribution >= 0.6 is 0 Å². The third-order valence-electron chi connectivity index (χ3n) is 2.18. The van der Waals surface area contributed by atoms with Crippen molar-refractivity contribution in [2.45, 2.75) is 32.4 Å². The van der Waals surface area contributed by atoms with Crippen molar-refractivity contribution in [3.05, 3.63) is 11.7 Å². The summed E-state index contributed by atoms with van der Waals surface area (Å²) in [6, 6.07) is -0.533. The Morgan fingerprint density at radius 2 is 2.41 bits per heavy atom.